The van der Waals surface area contributed by atoms with Crippen LogP contribution >= 0.6 is 0 Å². The molecule has 4 atom stereocenters. The number of ether oxygens (including phenoxy) is 1. The van der Waals surface area contributed by atoms with Crippen molar-refractivity contribution in [2.45, 2.75) is 52.4 Å². The molecule has 2 amide bonds. The third-order valence-corrected chi connectivity index (χ3v) is 5.36. The van der Waals surface area contributed by atoms with Crippen LogP contribution in [0.1, 0.15) is 39.2 Å². The average Bonchev–Trinajstić information content (AvgIpc) is 3.36. The molecule has 2 aliphatic rings. The molecule has 28 heavy (non-hydrogen) atoms. The third-order valence-electron chi connectivity index (χ3n) is 5.36. The highest BCUT2D eigenvalue weighted by Gasteiger charge is 2.38. The lowest BCUT2D eigenvalue weighted by molar-refractivity contribution is -0.123. The van der Waals surface area contributed by atoms with Crippen molar-refractivity contribution in [3.8, 4) is 0 Å². The molecule has 2 N–H and O–H groups in total. The first-order valence-corrected chi connectivity index (χ1v) is 10.1. The van der Waals surface area contributed by atoms with Crippen molar-refractivity contribution in [3.63, 3.8) is 0 Å². The van der Waals surface area contributed by atoms with Crippen molar-refractivity contribution >= 4 is 17.5 Å². The van der Waals surface area contributed by atoms with Crippen molar-refractivity contribution in [2.24, 2.45) is 11.8 Å². The molecule has 6 nitrogen and oxygen atoms in total. The largest absolute Gasteiger partial charge is 0.372 e. The Bertz CT molecular complexity index is 717. The van der Waals surface area contributed by atoms with Crippen LogP contribution in [0.15, 0.2) is 18.2 Å². The number of nitrogens with zero attached hydrogens (tertiary/aromatic N) is 1. The molecule has 1 aromatic rings. The number of nitrogens with one attached hydrogen (secondary N) is 2. The van der Waals surface area contributed by atoms with Crippen LogP contribution in [-0.4, -0.2) is 43.7 Å². The molecule has 0 bridgehead atoms. The van der Waals surface area contributed by atoms with E-state index in [0.29, 0.717) is 36.8 Å². The van der Waals surface area contributed by atoms with E-state index in [1.165, 1.54) is 6.07 Å². The maximum atomic E-state index is 14.6. The zero-order chi connectivity index (χ0) is 20.3. The second-order valence-electron chi connectivity index (χ2n) is 8.09. The summed E-state index contributed by atoms with van der Waals surface area (Å²) in [6, 6.07) is 5.06. The van der Waals surface area contributed by atoms with Gasteiger partial charge in [-0.2, -0.15) is 0 Å². The molecule has 0 aromatic heterocycles. The van der Waals surface area contributed by atoms with Gasteiger partial charge in [0.05, 0.1) is 17.9 Å². The van der Waals surface area contributed by atoms with E-state index in [1.807, 2.05) is 31.7 Å². The Balaban J connectivity index is 1.44. The summed E-state index contributed by atoms with van der Waals surface area (Å²) < 4.78 is 20.3. The quantitative estimate of drug-likeness (QED) is 0.748. The first-order valence-electron chi connectivity index (χ1n) is 10.1. The lowest BCUT2D eigenvalue weighted by Gasteiger charge is -2.37. The van der Waals surface area contributed by atoms with Gasteiger partial charge in [0, 0.05) is 38.5 Å². The molecule has 7 heteroatoms. The van der Waals surface area contributed by atoms with Gasteiger partial charge in [-0.25, -0.2) is 4.39 Å². The van der Waals surface area contributed by atoms with Crippen molar-refractivity contribution < 1.29 is 18.7 Å². The molecule has 1 aromatic carbocycles. The molecule has 0 spiro atoms. The molecule has 1 saturated heterocycles. The Hall–Kier alpha value is -2.15. The number of carbonyl (C=O) groups excluding carboxylic acids is 2. The molecule has 1 aliphatic heterocycles. The summed E-state index contributed by atoms with van der Waals surface area (Å²) in [6.07, 6.45) is 1.27. The minimum Gasteiger partial charge on any atom is -0.372 e. The van der Waals surface area contributed by atoms with E-state index in [9.17, 15) is 14.0 Å². The summed E-state index contributed by atoms with van der Waals surface area (Å²) in [7, 11) is 0. The van der Waals surface area contributed by atoms with Crippen LogP contribution in [0.5, 0.6) is 0 Å². The fourth-order valence-electron chi connectivity index (χ4n) is 3.70. The summed E-state index contributed by atoms with van der Waals surface area (Å²) in [5, 5.41) is 5.56. The molecule has 154 valence electrons. The van der Waals surface area contributed by atoms with Crippen molar-refractivity contribution in [2.75, 3.05) is 24.5 Å². The van der Waals surface area contributed by atoms with E-state index in [4.69, 9.17) is 4.74 Å². The molecule has 2 fully saturated rings. The highest BCUT2D eigenvalue weighted by molar-refractivity contribution is 5.82. The summed E-state index contributed by atoms with van der Waals surface area (Å²) in [4.78, 5) is 25.7. The summed E-state index contributed by atoms with van der Waals surface area (Å²) >= 11 is 0. The number of morpholine rings is 1. The van der Waals surface area contributed by atoms with Gasteiger partial charge in [-0.15, -0.1) is 0 Å². The van der Waals surface area contributed by atoms with Crippen LogP contribution in [-0.2, 0) is 20.9 Å². The van der Waals surface area contributed by atoms with Gasteiger partial charge in [0.15, 0.2) is 0 Å². The third kappa shape index (κ3) is 5.44. The minimum atomic E-state index is -0.293. The molecular formula is C21H30FN3O3. The summed E-state index contributed by atoms with van der Waals surface area (Å²) in [5.74, 6) is 0.144. The van der Waals surface area contributed by atoms with E-state index in [0.717, 1.165) is 6.42 Å². The van der Waals surface area contributed by atoms with Gasteiger partial charge in [-0.3, -0.25) is 9.59 Å². The molecular weight excluding hydrogens is 361 g/mol. The van der Waals surface area contributed by atoms with E-state index in [2.05, 4.69) is 10.6 Å². The van der Waals surface area contributed by atoms with Crippen LogP contribution in [0.25, 0.3) is 0 Å². The van der Waals surface area contributed by atoms with Gasteiger partial charge in [0.25, 0.3) is 0 Å². The van der Waals surface area contributed by atoms with Gasteiger partial charge in [-0.05, 0) is 43.9 Å². The molecule has 1 saturated carbocycles. The van der Waals surface area contributed by atoms with Gasteiger partial charge in [0.1, 0.15) is 5.82 Å². The number of amides is 2. The van der Waals surface area contributed by atoms with E-state index < -0.39 is 0 Å². The van der Waals surface area contributed by atoms with Gasteiger partial charge in [-0.1, -0.05) is 13.0 Å². The molecule has 1 heterocycles. The fourth-order valence-corrected chi connectivity index (χ4v) is 3.70. The highest BCUT2D eigenvalue weighted by atomic mass is 19.1. The zero-order valence-electron chi connectivity index (χ0n) is 16.8. The van der Waals surface area contributed by atoms with E-state index in [-0.39, 0.29) is 48.7 Å². The fraction of sp³-hybridized carbons (Fsp3) is 0.619. The van der Waals surface area contributed by atoms with Crippen LogP contribution in [0.2, 0.25) is 0 Å². The number of anilines is 1. The van der Waals surface area contributed by atoms with E-state index >= 15 is 0 Å². The normalized spacial score (nSPS) is 26.6. The Morgan fingerprint density at radius 2 is 1.86 bits per heavy atom. The number of hydrogen-bond donors (Lipinski definition) is 2. The van der Waals surface area contributed by atoms with Gasteiger partial charge in [0.2, 0.25) is 11.8 Å². The van der Waals surface area contributed by atoms with Crippen LogP contribution < -0.4 is 15.5 Å². The van der Waals surface area contributed by atoms with Crippen LogP contribution in [0, 0.1) is 17.7 Å². The van der Waals surface area contributed by atoms with Crippen LogP contribution in [0.4, 0.5) is 10.1 Å². The van der Waals surface area contributed by atoms with Gasteiger partial charge >= 0.3 is 0 Å². The smallest absolute Gasteiger partial charge is 0.223 e. The summed E-state index contributed by atoms with van der Waals surface area (Å²) in [6.45, 7) is 7.91. The average molecular weight is 391 g/mol. The Morgan fingerprint density at radius 1 is 1.18 bits per heavy atom. The highest BCUT2D eigenvalue weighted by Crippen LogP contribution is 2.37. The first-order chi connectivity index (χ1) is 13.3. The zero-order valence-corrected chi connectivity index (χ0v) is 16.8. The maximum Gasteiger partial charge on any atom is 0.223 e. The molecule has 0 radical (unpaired) electrons. The van der Waals surface area contributed by atoms with Crippen molar-refractivity contribution in [1.82, 2.24) is 10.6 Å². The maximum absolute atomic E-state index is 14.6. The summed E-state index contributed by atoms with van der Waals surface area (Å²) in [5.41, 5.74) is 1.27. The SMILES string of the molecule is CC1CN(c2ccc(CNC(=O)CCNC(=O)C3CC3C)cc2F)CC(C)O1. The first kappa shape index (κ1) is 20.6. The minimum absolute atomic E-state index is 0.0321. The monoisotopic (exact) mass is 391 g/mol. The van der Waals surface area contributed by atoms with Crippen molar-refractivity contribution in [1.29, 1.82) is 0 Å². The number of carbonyl (C=O) groups is 2. The number of halogens is 1. The molecule has 3 rings (SSSR count). The second kappa shape index (κ2) is 8.90. The Morgan fingerprint density at radius 3 is 2.46 bits per heavy atom. The predicted octanol–water partition coefficient (Wildman–Crippen LogP) is 2.22. The second-order valence-corrected chi connectivity index (χ2v) is 8.09. The van der Waals surface area contributed by atoms with Crippen molar-refractivity contribution in [3.05, 3.63) is 29.6 Å². The lowest BCUT2D eigenvalue weighted by Crippen LogP contribution is -2.45. The molecule has 4 unspecified atom stereocenters. The lowest BCUT2D eigenvalue weighted by atomic mass is 10.1. The van der Waals surface area contributed by atoms with E-state index in [1.54, 1.807) is 6.07 Å². The predicted molar refractivity (Wildman–Crippen MR) is 105 cm³/mol. The number of hydrogen-bond acceptors (Lipinski definition) is 4. The number of rotatable bonds is 7. The van der Waals surface area contributed by atoms with Crippen LogP contribution in [0.3, 0.4) is 0 Å². The topological polar surface area (TPSA) is 70.7 Å². The number of benzene rings is 1. The standard InChI is InChI=1S/C21H30FN3O3/c1-13-8-17(13)21(27)23-7-6-20(26)24-10-16-4-5-19(18(22)9-16)25-11-14(2)28-15(3)12-25/h4-5,9,13-15,17H,6-8,10-12H2,1-3H3,(H,23,27)(H,24,26). The molecule has 1 aliphatic carbocycles. The Labute approximate surface area is 165 Å². The van der Waals surface area contributed by atoms with Gasteiger partial charge < -0.3 is 20.3 Å². The Kier molecular flexibility index (Phi) is 6.54.